The van der Waals surface area contributed by atoms with Gasteiger partial charge in [0.05, 0.1) is 17.7 Å². The highest BCUT2D eigenvalue weighted by molar-refractivity contribution is 8.27. The Labute approximate surface area is 220 Å². The number of aryl methyl sites for hydroxylation is 2. The molecule has 1 N–H and O–H groups in total. The molecule has 36 heavy (non-hydrogen) atoms. The van der Waals surface area contributed by atoms with Gasteiger partial charge in [-0.3, -0.25) is 14.5 Å². The van der Waals surface area contributed by atoms with Gasteiger partial charge in [0.2, 0.25) is 0 Å². The number of methoxy groups -OCH3 is 1. The Hall–Kier alpha value is -3.62. The average molecular weight is 519 g/mol. The lowest BCUT2D eigenvalue weighted by Gasteiger charge is -2.16. The second-order valence-electron chi connectivity index (χ2n) is 8.30. The molecule has 1 saturated heterocycles. The summed E-state index contributed by atoms with van der Waals surface area (Å²) in [7, 11) is 1.53. The standard InChI is InChI=1S/C28H26N2O4S2/c1-17-9-7-10-21(19(17)3)29-26(31)16-34-23-13-12-20(14-24(23)33-4)15-25-27(32)30(28(35)36-25)22-11-6-5-8-18(22)2/h5-15H,16H2,1-4H3,(H,29,31)/b25-15-. The third-order valence-corrected chi connectivity index (χ3v) is 7.18. The molecule has 0 spiro atoms. The molecule has 0 unspecified atom stereocenters. The quantitative estimate of drug-likeness (QED) is 0.304. The molecule has 0 saturated carbocycles. The summed E-state index contributed by atoms with van der Waals surface area (Å²) in [6.07, 6.45) is 1.77. The van der Waals surface area contributed by atoms with Crippen LogP contribution in [-0.2, 0) is 9.59 Å². The van der Waals surface area contributed by atoms with Gasteiger partial charge in [-0.25, -0.2) is 0 Å². The Balaban J connectivity index is 1.47. The van der Waals surface area contributed by atoms with Crippen LogP contribution >= 0.6 is 24.0 Å². The Morgan fingerprint density at radius 1 is 1.03 bits per heavy atom. The van der Waals surface area contributed by atoms with Gasteiger partial charge in [0.25, 0.3) is 11.8 Å². The molecular formula is C28H26N2O4S2. The van der Waals surface area contributed by atoms with Crippen molar-refractivity contribution in [1.29, 1.82) is 0 Å². The summed E-state index contributed by atoms with van der Waals surface area (Å²) in [5.74, 6) is 0.451. The monoisotopic (exact) mass is 518 g/mol. The van der Waals surface area contributed by atoms with E-state index < -0.39 is 0 Å². The highest BCUT2D eigenvalue weighted by Gasteiger charge is 2.34. The first-order chi connectivity index (χ1) is 17.3. The number of thiocarbonyl (C=S) groups is 1. The topological polar surface area (TPSA) is 67.9 Å². The van der Waals surface area contributed by atoms with E-state index in [9.17, 15) is 9.59 Å². The molecule has 1 aliphatic heterocycles. The number of thioether (sulfide) groups is 1. The molecular weight excluding hydrogens is 492 g/mol. The number of carbonyl (C=O) groups is 2. The van der Waals surface area contributed by atoms with E-state index in [1.165, 1.54) is 18.9 Å². The van der Waals surface area contributed by atoms with E-state index >= 15 is 0 Å². The van der Waals surface area contributed by atoms with Gasteiger partial charge in [0.15, 0.2) is 22.4 Å². The van der Waals surface area contributed by atoms with Gasteiger partial charge < -0.3 is 14.8 Å². The third-order valence-electron chi connectivity index (χ3n) is 5.87. The second kappa shape index (κ2) is 11.0. The van der Waals surface area contributed by atoms with Crippen LogP contribution in [0.25, 0.3) is 6.08 Å². The van der Waals surface area contributed by atoms with Gasteiger partial charge in [0, 0.05) is 5.69 Å². The van der Waals surface area contributed by atoms with Crippen molar-refractivity contribution in [3.8, 4) is 11.5 Å². The zero-order valence-electron chi connectivity index (χ0n) is 20.5. The SMILES string of the molecule is COc1cc(/C=C2\SC(=S)N(c3ccccc3C)C2=O)ccc1OCC(=O)Nc1cccc(C)c1C. The number of carbonyl (C=O) groups excluding carboxylic acids is 2. The number of nitrogens with zero attached hydrogens (tertiary/aromatic N) is 1. The molecule has 2 amide bonds. The predicted octanol–water partition coefficient (Wildman–Crippen LogP) is 6.04. The van der Waals surface area contributed by atoms with Gasteiger partial charge in [-0.15, -0.1) is 0 Å². The van der Waals surface area contributed by atoms with E-state index in [-0.39, 0.29) is 18.4 Å². The van der Waals surface area contributed by atoms with Gasteiger partial charge >= 0.3 is 0 Å². The molecule has 8 heteroatoms. The van der Waals surface area contributed by atoms with Gasteiger partial charge in [-0.1, -0.05) is 60.4 Å². The maximum absolute atomic E-state index is 13.1. The second-order valence-corrected chi connectivity index (χ2v) is 9.97. The van der Waals surface area contributed by atoms with Crippen molar-refractivity contribution >= 4 is 57.6 Å². The maximum atomic E-state index is 13.1. The Bertz CT molecular complexity index is 1380. The Morgan fingerprint density at radius 2 is 1.78 bits per heavy atom. The molecule has 1 fully saturated rings. The van der Waals surface area contributed by atoms with Crippen LogP contribution in [0, 0.1) is 20.8 Å². The molecule has 0 radical (unpaired) electrons. The first-order valence-corrected chi connectivity index (χ1v) is 12.5. The summed E-state index contributed by atoms with van der Waals surface area (Å²) in [6, 6.07) is 18.7. The molecule has 6 nitrogen and oxygen atoms in total. The summed E-state index contributed by atoms with van der Waals surface area (Å²) in [5.41, 5.74) is 5.38. The molecule has 0 atom stereocenters. The van der Waals surface area contributed by atoms with Crippen molar-refractivity contribution in [2.75, 3.05) is 23.9 Å². The minimum atomic E-state index is -0.269. The lowest BCUT2D eigenvalue weighted by atomic mass is 10.1. The number of ether oxygens (including phenoxy) is 2. The summed E-state index contributed by atoms with van der Waals surface area (Å²) in [5, 5.41) is 2.88. The molecule has 0 bridgehead atoms. The number of nitrogens with one attached hydrogen (secondary N) is 1. The highest BCUT2D eigenvalue weighted by atomic mass is 32.2. The molecule has 184 valence electrons. The van der Waals surface area contributed by atoms with Crippen molar-refractivity contribution in [3.63, 3.8) is 0 Å². The number of amides is 2. The third kappa shape index (κ3) is 5.45. The number of rotatable bonds is 7. The van der Waals surface area contributed by atoms with E-state index in [1.54, 1.807) is 29.2 Å². The normalized spacial score (nSPS) is 14.3. The Morgan fingerprint density at radius 3 is 2.53 bits per heavy atom. The summed E-state index contributed by atoms with van der Waals surface area (Å²) < 4.78 is 11.7. The fourth-order valence-electron chi connectivity index (χ4n) is 3.75. The van der Waals surface area contributed by atoms with Gasteiger partial charge in [-0.2, -0.15) is 0 Å². The van der Waals surface area contributed by atoms with Crippen LogP contribution in [0.1, 0.15) is 22.3 Å². The van der Waals surface area contributed by atoms with Crippen molar-refractivity contribution in [2.24, 2.45) is 0 Å². The lowest BCUT2D eigenvalue weighted by molar-refractivity contribution is -0.118. The minimum absolute atomic E-state index is 0.165. The fraction of sp³-hybridized carbons (Fsp3) is 0.179. The van der Waals surface area contributed by atoms with E-state index in [0.29, 0.717) is 20.7 Å². The average Bonchev–Trinajstić information content (AvgIpc) is 3.13. The summed E-state index contributed by atoms with van der Waals surface area (Å²) in [6.45, 7) is 5.73. The number of hydrogen-bond donors (Lipinski definition) is 1. The minimum Gasteiger partial charge on any atom is -0.493 e. The molecule has 3 aromatic rings. The zero-order valence-corrected chi connectivity index (χ0v) is 22.1. The number of para-hydroxylation sites is 1. The van der Waals surface area contributed by atoms with Crippen molar-refractivity contribution in [1.82, 2.24) is 0 Å². The number of hydrogen-bond acceptors (Lipinski definition) is 6. The maximum Gasteiger partial charge on any atom is 0.270 e. The first kappa shape index (κ1) is 25.5. The van der Waals surface area contributed by atoms with Gasteiger partial charge in [0.1, 0.15) is 0 Å². The predicted molar refractivity (Wildman–Crippen MR) is 150 cm³/mol. The fourth-order valence-corrected chi connectivity index (χ4v) is 5.04. The number of benzene rings is 3. The van der Waals surface area contributed by atoms with Crippen LogP contribution in [0.5, 0.6) is 11.5 Å². The molecule has 1 heterocycles. The highest BCUT2D eigenvalue weighted by Crippen LogP contribution is 2.38. The van der Waals surface area contributed by atoms with Crippen molar-refractivity contribution < 1.29 is 19.1 Å². The molecule has 3 aromatic carbocycles. The summed E-state index contributed by atoms with van der Waals surface area (Å²) in [4.78, 5) is 27.6. The number of anilines is 2. The zero-order chi connectivity index (χ0) is 25.8. The van der Waals surface area contributed by atoms with Crippen LogP contribution in [0.4, 0.5) is 11.4 Å². The van der Waals surface area contributed by atoms with Crippen LogP contribution in [0.15, 0.2) is 65.6 Å². The summed E-state index contributed by atoms with van der Waals surface area (Å²) >= 11 is 6.75. The smallest absolute Gasteiger partial charge is 0.270 e. The van der Waals surface area contributed by atoms with E-state index in [2.05, 4.69) is 5.32 Å². The van der Waals surface area contributed by atoms with Crippen LogP contribution in [-0.4, -0.2) is 29.9 Å². The van der Waals surface area contributed by atoms with E-state index in [4.69, 9.17) is 21.7 Å². The lowest BCUT2D eigenvalue weighted by Crippen LogP contribution is -2.28. The molecule has 0 aromatic heterocycles. The van der Waals surface area contributed by atoms with Crippen LogP contribution in [0.3, 0.4) is 0 Å². The van der Waals surface area contributed by atoms with E-state index in [0.717, 1.165) is 33.6 Å². The van der Waals surface area contributed by atoms with Crippen LogP contribution < -0.4 is 19.7 Å². The largest absolute Gasteiger partial charge is 0.493 e. The van der Waals surface area contributed by atoms with Gasteiger partial charge in [-0.05, 0) is 73.4 Å². The van der Waals surface area contributed by atoms with Crippen LogP contribution in [0.2, 0.25) is 0 Å². The van der Waals surface area contributed by atoms with Crippen molar-refractivity contribution in [3.05, 3.63) is 87.8 Å². The van der Waals surface area contributed by atoms with Crippen molar-refractivity contribution in [2.45, 2.75) is 20.8 Å². The molecule has 4 rings (SSSR count). The Kier molecular flexibility index (Phi) is 7.76. The first-order valence-electron chi connectivity index (χ1n) is 11.3. The van der Waals surface area contributed by atoms with E-state index in [1.807, 2.05) is 63.2 Å². The molecule has 1 aliphatic rings. The molecule has 0 aliphatic carbocycles.